The SMILES string of the molecule is NCCCCN1CCCN(S(=O)(=O)C2CCOCC2)CC1. The van der Waals surface area contributed by atoms with E-state index in [4.69, 9.17) is 10.5 Å². The molecule has 21 heavy (non-hydrogen) atoms. The fourth-order valence-electron chi connectivity index (χ4n) is 3.09. The molecule has 2 rings (SSSR count). The maximum atomic E-state index is 12.7. The van der Waals surface area contributed by atoms with Crippen molar-refractivity contribution in [2.75, 3.05) is 52.5 Å². The van der Waals surface area contributed by atoms with E-state index in [1.165, 1.54) is 0 Å². The Morgan fingerprint density at radius 1 is 1.05 bits per heavy atom. The molecular formula is C14H29N3O3S. The van der Waals surface area contributed by atoms with Crippen LogP contribution in [0.2, 0.25) is 0 Å². The lowest BCUT2D eigenvalue weighted by molar-refractivity contribution is 0.0972. The zero-order valence-corrected chi connectivity index (χ0v) is 13.7. The van der Waals surface area contributed by atoms with Crippen LogP contribution in [0.1, 0.15) is 32.1 Å². The summed E-state index contributed by atoms with van der Waals surface area (Å²) < 4.78 is 32.4. The van der Waals surface area contributed by atoms with Gasteiger partial charge in [0.05, 0.1) is 5.25 Å². The van der Waals surface area contributed by atoms with Gasteiger partial charge in [0.2, 0.25) is 10.0 Å². The lowest BCUT2D eigenvalue weighted by Gasteiger charge is -2.29. The van der Waals surface area contributed by atoms with Gasteiger partial charge in [0.15, 0.2) is 0 Å². The Balaban J connectivity index is 1.86. The zero-order chi connectivity index (χ0) is 15.1. The molecule has 7 heteroatoms. The number of rotatable bonds is 6. The topological polar surface area (TPSA) is 75.9 Å². The van der Waals surface area contributed by atoms with Crippen molar-refractivity contribution < 1.29 is 13.2 Å². The highest BCUT2D eigenvalue weighted by atomic mass is 32.2. The van der Waals surface area contributed by atoms with E-state index in [1.807, 2.05) is 0 Å². The van der Waals surface area contributed by atoms with Crippen LogP contribution >= 0.6 is 0 Å². The van der Waals surface area contributed by atoms with E-state index in [2.05, 4.69) is 4.90 Å². The molecule has 2 fully saturated rings. The van der Waals surface area contributed by atoms with Crippen LogP contribution in [0.4, 0.5) is 0 Å². The highest BCUT2D eigenvalue weighted by Gasteiger charge is 2.34. The van der Waals surface area contributed by atoms with Crippen molar-refractivity contribution in [3.8, 4) is 0 Å². The quantitative estimate of drug-likeness (QED) is 0.710. The predicted molar refractivity (Wildman–Crippen MR) is 83.7 cm³/mol. The molecule has 124 valence electrons. The first-order valence-electron chi connectivity index (χ1n) is 8.13. The molecule has 0 unspecified atom stereocenters. The summed E-state index contributed by atoms with van der Waals surface area (Å²) in [6.07, 6.45) is 4.34. The smallest absolute Gasteiger partial charge is 0.217 e. The maximum Gasteiger partial charge on any atom is 0.217 e. The Labute approximate surface area is 128 Å². The highest BCUT2D eigenvalue weighted by molar-refractivity contribution is 7.89. The van der Waals surface area contributed by atoms with Crippen LogP contribution in [0.3, 0.4) is 0 Å². The summed E-state index contributed by atoms with van der Waals surface area (Å²) >= 11 is 0. The monoisotopic (exact) mass is 319 g/mol. The van der Waals surface area contributed by atoms with Crippen molar-refractivity contribution in [1.82, 2.24) is 9.21 Å². The average molecular weight is 319 g/mol. The van der Waals surface area contributed by atoms with Crippen LogP contribution in [-0.2, 0) is 14.8 Å². The average Bonchev–Trinajstić information content (AvgIpc) is 2.75. The first kappa shape index (κ1) is 17.1. The molecule has 0 spiro atoms. The molecule has 0 radical (unpaired) electrons. The van der Waals surface area contributed by atoms with Gasteiger partial charge in [-0.3, -0.25) is 0 Å². The van der Waals surface area contributed by atoms with Crippen LogP contribution in [0.5, 0.6) is 0 Å². The lowest BCUT2D eigenvalue weighted by atomic mass is 10.2. The molecule has 0 bridgehead atoms. The van der Waals surface area contributed by atoms with Gasteiger partial charge in [-0.15, -0.1) is 0 Å². The highest BCUT2D eigenvalue weighted by Crippen LogP contribution is 2.21. The van der Waals surface area contributed by atoms with Crippen molar-refractivity contribution in [2.24, 2.45) is 5.73 Å². The standard InChI is InChI=1S/C14H29N3O3S/c15-6-1-2-7-16-8-3-9-17(11-10-16)21(18,19)14-4-12-20-13-5-14/h14H,1-13,15H2. The number of nitrogens with two attached hydrogens (primary N) is 1. The Kier molecular flexibility index (Phi) is 6.88. The molecule has 0 aromatic heterocycles. The minimum atomic E-state index is -3.15. The number of ether oxygens (including phenoxy) is 1. The predicted octanol–water partition coefficient (Wildman–Crippen LogP) is 0.242. The minimum absolute atomic E-state index is 0.241. The van der Waals surface area contributed by atoms with E-state index in [1.54, 1.807) is 4.31 Å². The van der Waals surface area contributed by atoms with E-state index < -0.39 is 10.0 Å². The van der Waals surface area contributed by atoms with Crippen molar-refractivity contribution >= 4 is 10.0 Å². The van der Waals surface area contributed by atoms with Crippen LogP contribution < -0.4 is 5.73 Å². The van der Waals surface area contributed by atoms with E-state index >= 15 is 0 Å². The van der Waals surface area contributed by atoms with E-state index in [-0.39, 0.29) is 5.25 Å². The first-order valence-corrected chi connectivity index (χ1v) is 9.64. The molecule has 2 aliphatic heterocycles. The number of hydrogen-bond donors (Lipinski definition) is 1. The molecule has 2 heterocycles. The van der Waals surface area contributed by atoms with Gasteiger partial charge in [-0.05, 0) is 51.7 Å². The summed E-state index contributed by atoms with van der Waals surface area (Å²) in [6.45, 7) is 6.03. The fraction of sp³-hybridized carbons (Fsp3) is 1.00. The third kappa shape index (κ3) is 4.89. The molecule has 6 nitrogen and oxygen atoms in total. The Hall–Kier alpha value is -0.210. The van der Waals surface area contributed by atoms with Gasteiger partial charge >= 0.3 is 0 Å². The van der Waals surface area contributed by atoms with Gasteiger partial charge in [-0.25, -0.2) is 12.7 Å². The number of unbranched alkanes of at least 4 members (excludes halogenated alkanes) is 1. The molecular weight excluding hydrogens is 290 g/mol. The third-order valence-corrected chi connectivity index (χ3v) is 6.82. The Morgan fingerprint density at radius 3 is 2.52 bits per heavy atom. The maximum absolute atomic E-state index is 12.7. The molecule has 2 aliphatic rings. The number of nitrogens with zero attached hydrogens (tertiary/aromatic N) is 2. The molecule has 0 aliphatic carbocycles. The van der Waals surface area contributed by atoms with Crippen LogP contribution in [0, 0.1) is 0 Å². The van der Waals surface area contributed by atoms with Crippen LogP contribution in [0.25, 0.3) is 0 Å². The largest absolute Gasteiger partial charge is 0.381 e. The molecule has 0 atom stereocenters. The zero-order valence-electron chi connectivity index (χ0n) is 12.9. The molecule has 2 N–H and O–H groups in total. The fourth-order valence-corrected chi connectivity index (χ4v) is 5.02. The Morgan fingerprint density at radius 2 is 1.81 bits per heavy atom. The molecule has 0 aromatic rings. The van der Waals surface area contributed by atoms with Crippen molar-refractivity contribution in [1.29, 1.82) is 0 Å². The van der Waals surface area contributed by atoms with Gasteiger partial charge in [0, 0.05) is 32.8 Å². The number of hydrogen-bond acceptors (Lipinski definition) is 5. The summed E-state index contributed by atoms with van der Waals surface area (Å²) in [7, 11) is -3.15. The minimum Gasteiger partial charge on any atom is -0.381 e. The molecule has 2 saturated heterocycles. The summed E-state index contributed by atoms with van der Waals surface area (Å²) in [5.41, 5.74) is 5.52. The van der Waals surface area contributed by atoms with Crippen molar-refractivity contribution in [3.05, 3.63) is 0 Å². The molecule has 0 saturated carbocycles. The normalized spacial score (nSPS) is 24.0. The van der Waals surface area contributed by atoms with Gasteiger partial charge in [0.1, 0.15) is 0 Å². The van der Waals surface area contributed by atoms with Gasteiger partial charge < -0.3 is 15.4 Å². The second kappa shape index (κ2) is 8.43. The molecule has 0 amide bonds. The number of sulfonamides is 1. The van der Waals surface area contributed by atoms with Crippen LogP contribution in [-0.4, -0.2) is 75.4 Å². The third-order valence-electron chi connectivity index (χ3n) is 4.43. The summed E-state index contributed by atoms with van der Waals surface area (Å²) in [5.74, 6) is 0. The second-order valence-electron chi connectivity index (χ2n) is 5.95. The van der Waals surface area contributed by atoms with Crippen LogP contribution in [0.15, 0.2) is 0 Å². The first-order chi connectivity index (χ1) is 10.1. The van der Waals surface area contributed by atoms with E-state index in [0.717, 1.165) is 45.4 Å². The summed E-state index contributed by atoms with van der Waals surface area (Å²) in [5, 5.41) is -0.241. The van der Waals surface area contributed by atoms with E-state index in [0.29, 0.717) is 39.1 Å². The van der Waals surface area contributed by atoms with Crippen molar-refractivity contribution in [3.63, 3.8) is 0 Å². The Bertz CT molecular complexity index is 396. The van der Waals surface area contributed by atoms with E-state index in [9.17, 15) is 8.42 Å². The van der Waals surface area contributed by atoms with Crippen molar-refractivity contribution in [2.45, 2.75) is 37.4 Å². The lowest BCUT2D eigenvalue weighted by Crippen LogP contribution is -2.43. The van der Waals surface area contributed by atoms with Gasteiger partial charge in [-0.2, -0.15) is 0 Å². The van der Waals surface area contributed by atoms with Gasteiger partial charge in [0.25, 0.3) is 0 Å². The summed E-state index contributed by atoms with van der Waals surface area (Å²) in [6, 6.07) is 0. The van der Waals surface area contributed by atoms with Gasteiger partial charge in [-0.1, -0.05) is 0 Å². The second-order valence-corrected chi connectivity index (χ2v) is 8.16. The summed E-state index contributed by atoms with van der Waals surface area (Å²) in [4.78, 5) is 2.37. The molecule has 0 aromatic carbocycles.